The molecule has 0 aliphatic carbocycles. The maximum atomic E-state index is 11.9. The summed E-state index contributed by atoms with van der Waals surface area (Å²) in [6.45, 7) is 0. The van der Waals surface area contributed by atoms with Crippen LogP contribution in [0.2, 0.25) is 0 Å². The van der Waals surface area contributed by atoms with Gasteiger partial charge in [0.25, 0.3) is 0 Å². The number of carbonyl (C=O) groups is 1. The number of pyridine rings is 1. The highest BCUT2D eigenvalue weighted by Gasteiger charge is 2.08. The van der Waals surface area contributed by atoms with E-state index in [0.717, 1.165) is 11.1 Å². The molecule has 108 valence electrons. The first-order valence-corrected chi connectivity index (χ1v) is 6.75. The van der Waals surface area contributed by atoms with Crippen LogP contribution < -0.4 is 4.74 Å². The van der Waals surface area contributed by atoms with Gasteiger partial charge in [-0.2, -0.15) is 0 Å². The maximum absolute atomic E-state index is 11.9. The van der Waals surface area contributed by atoms with E-state index in [4.69, 9.17) is 4.74 Å². The standard InChI is InChI=1S/C18H13NO3/c20-16-9-6-13(7-10-16)15-8-11-17(19-12-15)22-18(21)14-4-2-1-3-5-14/h1-12,20H. The van der Waals surface area contributed by atoms with Crippen molar-refractivity contribution >= 4 is 5.97 Å². The highest BCUT2D eigenvalue weighted by Crippen LogP contribution is 2.22. The Labute approximate surface area is 127 Å². The minimum atomic E-state index is -0.439. The van der Waals surface area contributed by atoms with Crippen LogP contribution in [0, 0.1) is 0 Å². The Kier molecular flexibility index (Phi) is 3.83. The molecule has 0 aliphatic heterocycles. The van der Waals surface area contributed by atoms with E-state index >= 15 is 0 Å². The summed E-state index contributed by atoms with van der Waals surface area (Å²) in [5.74, 6) is 0.0204. The average molecular weight is 291 g/mol. The lowest BCUT2D eigenvalue weighted by Gasteiger charge is -2.05. The van der Waals surface area contributed by atoms with Crippen LogP contribution >= 0.6 is 0 Å². The molecule has 0 aliphatic rings. The first-order chi connectivity index (χ1) is 10.7. The highest BCUT2D eigenvalue weighted by atomic mass is 16.5. The lowest BCUT2D eigenvalue weighted by atomic mass is 10.1. The van der Waals surface area contributed by atoms with Gasteiger partial charge in [-0.15, -0.1) is 0 Å². The van der Waals surface area contributed by atoms with Gasteiger partial charge in [-0.25, -0.2) is 9.78 Å². The zero-order chi connectivity index (χ0) is 15.4. The Hall–Kier alpha value is -3.14. The van der Waals surface area contributed by atoms with Crippen molar-refractivity contribution in [3.8, 4) is 22.8 Å². The summed E-state index contributed by atoms with van der Waals surface area (Å²) in [5, 5.41) is 9.28. The molecule has 0 amide bonds. The predicted molar refractivity (Wildman–Crippen MR) is 82.7 cm³/mol. The van der Waals surface area contributed by atoms with Crippen molar-refractivity contribution in [2.75, 3.05) is 0 Å². The summed E-state index contributed by atoms with van der Waals surface area (Å²) in [5.41, 5.74) is 2.28. The number of esters is 1. The molecule has 0 bridgehead atoms. The van der Waals surface area contributed by atoms with E-state index < -0.39 is 5.97 Å². The van der Waals surface area contributed by atoms with Gasteiger partial charge in [0, 0.05) is 17.8 Å². The number of rotatable bonds is 3. The Balaban J connectivity index is 1.74. The third-order valence-corrected chi connectivity index (χ3v) is 3.14. The summed E-state index contributed by atoms with van der Waals surface area (Å²) in [6, 6.07) is 19.0. The van der Waals surface area contributed by atoms with Crippen molar-refractivity contribution in [3.05, 3.63) is 78.5 Å². The van der Waals surface area contributed by atoms with Gasteiger partial charge in [-0.05, 0) is 35.9 Å². The third-order valence-electron chi connectivity index (χ3n) is 3.14. The minimum absolute atomic E-state index is 0.213. The molecule has 1 aromatic heterocycles. The predicted octanol–water partition coefficient (Wildman–Crippen LogP) is 3.67. The average Bonchev–Trinajstić information content (AvgIpc) is 2.57. The number of carbonyl (C=O) groups excluding carboxylic acids is 1. The van der Waals surface area contributed by atoms with E-state index in [2.05, 4.69) is 4.98 Å². The number of hydrogen-bond donors (Lipinski definition) is 1. The Morgan fingerprint density at radius 2 is 1.55 bits per heavy atom. The minimum Gasteiger partial charge on any atom is -0.508 e. The molecule has 0 fully saturated rings. The van der Waals surface area contributed by atoms with Gasteiger partial charge in [0.1, 0.15) is 5.75 Å². The molecule has 4 heteroatoms. The van der Waals surface area contributed by atoms with Crippen molar-refractivity contribution in [1.29, 1.82) is 0 Å². The van der Waals surface area contributed by atoms with Crippen LogP contribution in [0.1, 0.15) is 10.4 Å². The molecule has 0 unspecified atom stereocenters. The van der Waals surface area contributed by atoms with Crippen LogP contribution in [0.3, 0.4) is 0 Å². The fourth-order valence-corrected chi connectivity index (χ4v) is 1.99. The molecule has 1 heterocycles. The molecule has 0 radical (unpaired) electrons. The normalized spacial score (nSPS) is 10.2. The van der Waals surface area contributed by atoms with Crippen LogP contribution in [0.4, 0.5) is 0 Å². The van der Waals surface area contributed by atoms with Crippen LogP contribution in [0.15, 0.2) is 72.9 Å². The van der Waals surface area contributed by atoms with Gasteiger partial charge < -0.3 is 9.84 Å². The van der Waals surface area contributed by atoms with Crippen molar-refractivity contribution in [2.45, 2.75) is 0 Å². The molecule has 1 N–H and O–H groups in total. The fourth-order valence-electron chi connectivity index (χ4n) is 1.99. The number of phenols is 1. The molecule has 22 heavy (non-hydrogen) atoms. The lowest BCUT2D eigenvalue weighted by Crippen LogP contribution is -2.08. The Bertz CT molecular complexity index is 766. The topological polar surface area (TPSA) is 59.4 Å². The molecular weight excluding hydrogens is 278 g/mol. The highest BCUT2D eigenvalue weighted by molar-refractivity contribution is 5.90. The van der Waals surface area contributed by atoms with Gasteiger partial charge in [-0.3, -0.25) is 0 Å². The second kappa shape index (κ2) is 6.10. The summed E-state index contributed by atoms with van der Waals surface area (Å²) < 4.78 is 5.22. The number of hydrogen-bond acceptors (Lipinski definition) is 4. The first kappa shape index (κ1) is 13.8. The quantitative estimate of drug-likeness (QED) is 0.748. The van der Waals surface area contributed by atoms with Crippen molar-refractivity contribution in [2.24, 2.45) is 0 Å². The van der Waals surface area contributed by atoms with E-state index in [9.17, 15) is 9.90 Å². The number of phenolic OH excluding ortho intramolecular Hbond substituents is 1. The third kappa shape index (κ3) is 3.12. The molecule has 2 aromatic carbocycles. The molecule has 4 nitrogen and oxygen atoms in total. The molecule has 0 saturated heterocycles. The number of aromatic hydroxyl groups is 1. The van der Waals surface area contributed by atoms with E-state index in [0.29, 0.717) is 5.56 Å². The van der Waals surface area contributed by atoms with Gasteiger partial charge >= 0.3 is 5.97 Å². The Morgan fingerprint density at radius 3 is 2.18 bits per heavy atom. The van der Waals surface area contributed by atoms with Gasteiger partial charge in [0.05, 0.1) is 5.56 Å². The second-order valence-corrected chi connectivity index (χ2v) is 4.69. The SMILES string of the molecule is O=C(Oc1ccc(-c2ccc(O)cc2)cn1)c1ccccc1. The van der Waals surface area contributed by atoms with Crippen molar-refractivity contribution < 1.29 is 14.6 Å². The van der Waals surface area contributed by atoms with Crippen LogP contribution in [0.5, 0.6) is 11.6 Å². The van der Waals surface area contributed by atoms with Crippen LogP contribution in [-0.4, -0.2) is 16.1 Å². The monoisotopic (exact) mass is 291 g/mol. The summed E-state index contributed by atoms with van der Waals surface area (Å²) in [4.78, 5) is 16.1. The molecule has 3 rings (SSSR count). The van der Waals surface area contributed by atoms with E-state index in [-0.39, 0.29) is 11.6 Å². The molecular formula is C18H13NO3. The van der Waals surface area contributed by atoms with E-state index in [1.54, 1.807) is 60.8 Å². The van der Waals surface area contributed by atoms with E-state index in [1.807, 2.05) is 12.1 Å². The maximum Gasteiger partial charge on any atom is 0.344 e. The van der Waals surface area contributed by atoms with Crippen molar-refractivity contribution in [3.63, 3.8) is 0 Å². The number of ether oxygens (including phenoxy) is 1. The zero-order valence-electron chi connectivity index (χ0n) is 11.6. The molecule has 0 saturated carbocycles. The number of nitrogens with zero attached hydrogens (tertiary/aromatic N) is 1. The van der Waals surface area contributed by atoms with Crippen LogP contribution in [0.25, 0.3) is 11.1 Å². The first-order valence-electron chi connectivity index (χ1n) is 6.75. The number of aromatic nitrogens is 1. The van der Waals surface area contributed by atoms with Crippen molar-refractivity contribution in [1.82, 2.24) is 4.98 Å². The summed E-state index contributed by atoms with van der Waals surface area (Å²) in [7, 11) is 0. The molecule has 3 aromatic rings. The summed E-state index contributed by atoms with van der Waals surface area (Å²) in [6.07, 6.45) is 1.62. The molecule has 0 spiro atoms. The van der Waals surface area contributed by atoms with Gasteiger partial charge in [0.15, 0.2) is 0 Å². The lowest BCUT2D eigenvalue weighted by molar-refractivity contribution is 0.0727. The second-order valence-electron chi connectivity index (χ2n) is 4.69. The summed E-state index contributed by atoms with van der Waals surface area (Å²) >= 11 is 0. The smallest absolute Gasteiger partial charge is 0.344 e. The molecule has 0 atom stereocenters. The fraction of sp³-hybridized carbons (Fsp3) is 0. The van der Waals surface area contributed by atoms with E-state index in [1.165, 1.54) is 0 Å². The largest absolute Gasteiger partial charge is 0.508 e. The zero-order valence-corrected chi connectivity index (χ0v) is 11.6. The van der Waals surface area contributed by atoms with Crippen LogP contribution in [-0.2, 0) is 0 Å². The van der Waals surface area contributed by atoms with Gasteiger partial charge in [-0.1, -0.05) is 30.3 Å². The Morgan fingerprint density at radius 1 is 0.864 bits per heavy atom. The number of benzene rings is 2. The van der Waals surface area contributed by atoms with Gasteiger partial charge in [0.2, 0.25) is 5.88 Å².